The highest BCUT2D eigenvalue weighted by Gasteiger charge is 2.16. The lowest BCUT2D eigenvalue weighted by Gasteiger charge is -2.08. The van der Waals surface area contributed by atoms with Crippen LogP contribution in [-0.4, -0.2) is 35.4 Å². The number of hydrogen-bond acceptors (Lipinski definition) is 6. The number of amides is 1. The monoisotopic (exact) mass is 382 g/mol. The molecule has 7 nitrogen and oxygen atoms in total. The van der Waals surface area contributed by atoms with Crippen LogP contribution in [0.15, 0.2) is 29.6 Å². The summed E-state index contributed by atoms with van der Waals surface area (Å²) >= 11 is 1.31. The maximum atomic E-state index is 12.1. The molecule has 1 aromatic heterocycles. The number of non-ortho nitro benzene ring substituents is 1. The molecular formula is C16H19ClN4O3S. The van der Waals surface area contributed by atoms with Crippen LogP contribution in [0.3, 0.4) is 0 Å². The van der Waals surface area contributed by atoms with Crippen molar-refractivity contribution in [2.24, 2.45) is 5.92 Å². The largest absolute Gasteiger partial charge is 0.351 e. The molecule has 1 aliphatic rings. The van der Waals surface area contributed by atoms with Gasteiger partial charge in [0.25, 0.3) is 11.6 Å². The first-order valence-electron chi connectivity index (χ1n) is 7.83. The van der Waals surface area contributed by atoms with Crippen LogP contribution in [-0.2, 0) is 0 Å². The summed E-state index contributed by atoms with van der Waals surface area (Å²) < 4.78 is 0. The third kappa shape index (κ3) is 4.97. The topological polar surface area (TPSA) is 97.2 Å². The Kier molecular flexibility index (Phi) is 6.86. The Bertz CT molecular complexity index is 746. The number of rotatable bonds is 6. The number of aromatic nitrogens is 1. The fourth-order valence-corrected chi connectivity index (χ4v) is 3.50. The number of carbonyl (C=O) groups is 1. The highest BCUT2D eigenvalue weighted by atomic mass is 35.5. The fourth-order valence-electron chi connectivity index (χ4n) is 2.70. The molecule has 1 aliphatic heterocycles. The Morgan fingerprint density at radius 3 is 3.04 bits per heavy atom. The lowest BCUT2D eigenvalue weighted by Crippen LogP contribution is -2.26. The van der Waals surface area contributed by atoms with E-state index in [4.69, 9.17) is 0 Å². The predicted molar refractivity (Wildman–Crippen MR) is 99.4 cm³/mol. The Morgan fingerprint density at radius 2 is 2.32 bits per heavy atom. The lowest BCUT2D eigenvalue weighted by atomic mass is 10.1. The first kappa shape index (κ1) is 19.3. The molecule has 0 radical (unpaired) electrons. The first-order chi connectivity index (χ1) is 11.6. The summed E-state index contributed by atoms with van der Waals surface area (Å²) in [5.74, 6) is 0.426. The standard InChI is InChI=1S/C16H18N4O3S.ClH/c21-15(18-7-5-11-4-6-17-9-11)14-10-24-16(19-14)12-2-1-3-13(8-12)20(22)23;/h1-3,8,10-11,17H,4-7,9H2,(H,18,21);1H. The number of thiazole rings is 1. The maximum absolute atomic E-state index is 12.1. The van der Waals surface area contributed by atoms with E-state index in [9.17, 15) is 14.9 Å². The number of carbonyl (C=O) groups excluding carboxylic acids is 1. The number of hydrogen-bond donors (Lipinski definition) is 2. The van der Waals surface area contributed by atoms with Crippen molar-refractivity contribution in [1.29, 1.82) is 0 Å². The molecule has 0 spiro atoms. The van der Waals surface area contributed by atoms with Crippen molar-refractivity contribution in [3.8, 4) is 10.6 Å². The summed E-state index contributed by atoms with van der Waals surface area (Å²) in [4.78, 5) is 26.9. The van der Waals surface area contributed by atoms with Crippen molar-refractivity contribution < 1.29 is 9.72 Å². The van der Waals surface area contributed by atoms with Gasteiger partial charge < -0.3 is 10.6 Å². The van der Waals surface area contributed by atoms with Crippen LogP contribution in [0.2, 0.25) is 0 Å². The predicted octanol–water partition coefficient (Wildman–Crippen LogP) is 2.87. The second kappa shape index (κ2) is 8.89. The molecule has 0 saturated carbocycles. The lowest BCUT2D eigenvalue weighted by molar-refractivity contribution is -0.384. The molecule has 1 unspecified atom stereocenters. The molecule has 1 fully saturated rings. The zero-order chi connectivity index (χ0) is 16.9. The van der Waals surface area contributed by atoms with Gasteiger partial charge in [-0.1, -0.05) is 12.1 Å². The van der Waals surface area contributed by atoms with Crippen molar-refractivity contribution in [3.63, 3.8) is 0 Å². The van der Waals surface area contributed by atoms with Crippen LogP contribution in [0, 0.1) is 16.0 Å². The van der Waals surface area contributed by atoms with Crippen molar-refractivity contribution in [3.05, 3.63) is 45.5 Å². The van der Waals surface area contributed by atoms with Gasteiger partial charge in [0.05, 0.1) is 4.92 Å². The average Bonchev–Trinajstić information content (AvgIpc) is 3.26. The average molecular weight is 383 g/mol. The molecule has 0 bridgehead atoms. The zero-order valence-electron chi connectivity index (χ0n) is 13.4. The smallest absolute Gasteiger partial charge is 0.270 e. The molecule has 1 amide bonds. The second-order valence-corrected chi connectivity index (χ2v) is 6.61. The molecule has 1 aromatic carbocycles. The molecular weight excluding hydrogens is 364 g/mol. The maximum Gasteiger partial charge on any atom is 0.270 e. The van der Waals surface area contributed by atoms with Crippen LogP contribution in [0.25, 0.3) is 10.6 Å². The Hall–Kier alpha value is -2.03. The molecule has 2 N–H and O–H groups in total. The fraction of sp³-hybridized carbons (Fsp3) is 0.375. The molecule has 134 valence electrons. The second-order valence-electron chi connectivity index (χ2n) is 5.75. The number of nitro groups is 1. The molecule has 1 atom stereocenters. The van der Waals surface area contributed by atoms with Gasteiger partial charge in [0.2, 0.25) is 0 Å². The minimum absolute atomic E-state index is 0. The number of benzene rings is 1. The summed E-state index contributed by atoms with van der Waals surface area (Å²) in [6.45, 7) is 2.70. The van der Waals surface area contributed by atoms with Gasteiger partial charge in [-0.05, 0) is 31.8 Å². The van der Waals surface area contributed by atoms with Gasteiger partial charge >= 0.3 is 0 Å². The normalized spacial score (nSPS) is 16.2. The van der Waals surface area contributed by atoms with Gasteiger partial charge in [-0.2, -0.15) is 0 Å². The number of halogens is 1. The molecule has 25 heavy (non-hydrogen) atoms. The van der Waals surface area contributed by atoms with Crippen molar-refractivity contribution in [2.75, 3.05) is 19.6 Å². The van der Waals surface area contributed by atoms with Crippen LogP contribution in [0.4, 0.5) is 5.69 Å². The quantitative estimate of drug-likeness (QED) is 0.591. The summed E-state index contributed by atoms with van der Waals surface area (Å²) in [6.07, 6.45) is 2.12. The molecule has 2 heterocycles. The summed E-state index contributed by atoms with van der Waals surface area (Å²) in [5, 5.41) is 19.3. The molecule has 1 saturated heterocycles. The molecule has 2 aromatic rings. The van der Waals surface area contributed by atoms with Crippen molar-refractivity contribution in [1.82, 2.24) is 15.6 Å². The Labute approximate surface area is 155 Å². The molecule has 3 rings (SSSR count). The summed E-state index contributed by atoms with van der Waals surface area (Å²) in [6, 6.07) is 6.26. The van der Waals surface area contributed by atoms with Crippen LogP contribution >= 0.6 is 23.7 Å². The number of nitrogens with zero attached hydrogens (tertiary/aromatic N) is 2. The first-order valence-corrected chi connectivity index (χ1v) is 8.71. The third-order valence-electron chi connectivity index (χ3n) is 4.04. The van der Waals surface area contributed by atoms with Crippen molar-refractivity contribution in [2.45, 2.75) is 12.8 Å². The van der Waals surface area contributed by atoms with Gasteiger partial charge in [0.15, 0.2) is 0 Å². The van der Waals surface area contributed by atoms with Gasteiger partial charge in [0, 0.05) is 29.6 Å². The SMILES string of the molecule is Cl.O=C(NCCC1CCNC1)c1csc(-c2cccc([N+](=O)[O-])c2)n1. The van der Waals surface area contributed by atoms with Gasteiger partial charge in [-0.15, -0.1) is 23.7 Å². The van der Waals surface area contributed by atoms with Crippen LogP contribution in [0.1, 0.15) is 23.3 Å². The highest BCUT2D eigenvalue weighted by Crippen LogP contribution is 2.26. The van der Waals surface area contributed by atoms with E-state index in [0.717, 1.165) is 25.9 Å². The Morgan fingerprint density at radius 1 is 1.48 bits per heavy atom. The highest BCUT2D eigenvalue weighted by molar-refractivity contribution is 7.13. The van der Waals surface area contributed by atoms with E-state index in [0.29, 0.717) is 28.7 Å². The van der Waals surface area contributed by atoms with E-state index in [1.165, 1.54) is 23.5 Å². The minimum Gasteiger partial charge on any atom is -0.351 e. The van der Waals surface area contributed by atoms with E-state index in [1.54, 1.807) is 17.5 Å². The third-order valence-corrected chi connectivity index (χ3v) is 4.93. The van der Waals surface area contributed by atoms with E-state index in [-0.39, 0.29) is 24.0 Å². The molecule has 9 heteroatoms. The van der Waals surface area contributed by atoms with Gasteiger partial charge in [-0.25, -0.2) is 4.98 Å². The van der Waals surface area contributed by atoms with Crippen LogP contribution in [0.5, 0.6) is 0 Å². The van der Waals surface area contributed by atoms with Gasteiger partial charge in [-0.3, -0.25) is 14.9 Å². The van der Waals surface area contributed by atoms with E-state index in [2.05, 4.69) is 15.6 Å². The van der Waals surface area contributed by atoms with Crippen LogP contribution < -0.4 is 10.6 Å². The number of nitro benzene ring substituents is 1. The summed E-state index contributed by atoms with van der Waals surface area (Å²) in [5.41, 5.74) is 1.01. The Balaban J connectivity index is 0.00000225. The van der Waals surface area contributed by atoms with E-state index < -0.39 is 4.92 Å². The summed E-state index contributed by atoms with van der Waals surface area (Å²) in [7, 11) is 0. The van der Waals surface area contributed by atoms with Crippen molar-refractivity contribution >= 4 is 35.3 Å². The van der Waals surface area contributed by atoms with Gasteiger partial charge in [0.1, 0.15) is 10.7 Å². The molecule has 0 aliphatic carbocycles. The van der Waals surface area contributed by atoms with E-state index >= 15 is 0 Å². The van der Waals surface area contributed by atoms with E-state index in [1.807, 2.05) is 0 Å². The minimum atomic E-state index is -0.442. The number of nitrogens with one attached hydrogen (secondary N) is 2. The zero-order valence-corrected chi connectivity index (χ0v) is 15.1.